The Morgan fingerprint density at radius 2 is 1.69 bits per heavy atom. The number of hydrogen-bond acceptors (Lipinski definition) is 3. The third-order valence-corrected chi connectivity index (χ3v) is 6.41. The van der Waals surface area contributed by atoms with Gasteiger partial charge in [-0.25, -0.2) is 8.78 Å². The van der Waals surface area contributed by atoms with Crippen molar-refractivity contribution in [3.63, 3.8) is 0 Å². The Labute approximate surface area is 203 Å². The van der Waals surface area contributed by atoms with Crippen LogP contribution in [0.15, 0.2) is 72.8 Å². The number of rotatable bonds is 6. The van der Waals surface area contributed by atoms with Crippen LogP contribution in [0.1, 0.15) is 23.0 Å². The summed E-state index contributed by atoms with van der Waals surface area (Å²) in [6.45, 7) is 4.83. The Balaban J connectivity index is 1.46. The molecule has 7 heteroatoms. The maximum absolute atomic E-state index is 14.2. The summed E-state index contributed by atoms with van der Waals surface area (Å²) in [6.07, 6.45) is 0. The molecule has 2 heterocycles. The monoisotopic (exact) mass is 475 g/mol. The molecule has 180 valence electrons. The van der Waals surface area contributed by atoms with E-state index in [0.717, 1.165) is 16.5 Å². The minimum atomic E-state index is -0.314. The van der Waals surface area contributed by atoms with Gasteiger partial charge in [0.1, 0.15) is 23.1 Å². The van der Waals surface area contributed by atoms with Crippen LogP contribution in [0.2, 0.25) is 0 Å². The van der Waals surface area contributed by atoms with E-state index in [4.69, 9.17) is 4.74 Å². The second kappa shape index (κ2) is 9.78. The van der Waals surface area contributed by atoms with Gasteiger partial charge in [-0.05, 0) is 55.0 Å². The lowest BCUT2D eigenvalue weighted by atomic mass is 10.2. The zero-order valence-electron chi connectivity index (χ0n) is 19.6. The van der Waals surface area contributed by atoms with Crippen LogP contribution < -0.4 is 9.64 Å². The standard InChI is InChI=1S/C28H27F2N3O2/c1-2-35-27-12-6-11-24-22(27)18-26(33(24)19-20-7-5-8-21(29)17-20)28(34)32-15-13-31(14-16-32)25-10-4-3-9-23(25)30/h3-12,17-18H,2,13-16,19H2,1H3. The summed E-state index contributed by atoms with van der Waals surface area (Å²) in [4.78, 5) is 17.5. The Morgan fingerprint density at radius 3 is 2.43 bits per heavy atom. The first-order chi connectivity index (χ1) is 17.0. The molecule has 0 spiro atoms. The Kier molecular flexibility index (Phi) is 6.40. The predicted octanol–water partition coefficient (Wildman–Crippen LogP) is 5.33. The molecule has 35 heavy (non-hydrogen) atoms. The highest BCUT2D eigenvalue weighted by molar-refractivity contribution is 6.00. The molecule has 5 nitrogen and oxygen atoms in total. The fourth-order valence-corrected chi connectivity index (χ4v) is 4.72. The van der Waals surface area contributed by atoms with Crippen molar-refractivity contribution >= 4 is 22.5 Å². The average Bonchev–Trinajstić information content (AvgIpc) is 3.23. The first kappa shape index (κ1) is 22.9. The predicted molar refractivity (Wildman–Crippen MR) is 133 cm³/mol. The van der Waals surface area contributed by atoms with Crippen molar-refractivity contribution in [2.45, 2.75) is 13.5 Å². The molecule has 5 rings (SSSR count). The molecule has 1 aliphatic rings. The van der Waals surface area contributed by atoms with Crippen LogP contribution >= 0.6 is 0 Å². The Bertz CT molecular complexity index is 1360. The number of benzene rings is 3. The quantitative estimate of drug-likeness (QED) is 0.378. The summed E-state index contributed by atoms with van der Waals surface area (Å²) in [5.74, 6) is 0.0340. The van der Waals surface area contributed by atoms with Crippen LogP contribution in [-0.4, -0.2) is 48.2 Å². The summed E-state index contributed by atoms with van der Waals surface area (Å²) in [6, 6.07) is 20.7. The van der Waals surface area contributed by atoms with Crippen molar-refractivity contribution in [2.24, 2.45) is 0 Å². The zero-order chi connectivity index (χ0) is 24.4. The van der Waals surface area contributed by atoms with Crippen LogP contribution in [0.25, 0.3) is 10.9 Å². The van der Waals surface area contributed by atoms with Crippen molar-refractivity contribution < 1.29 is 18.3 Å². The second-order valence-electron chi connectivity index (χ2n) is 8.60. The van der Waals surface area contributed by atoms with E-state index in [1.165, 1.54) is 18.2 Å². The fourth-order valence-electron chi connectivity index (χ4n) is 4.72. The lowest BCUT2D eigenvalue weighted by molar-refractivity contribution is 0.0736. The number of hydrogen-bond donors (Lipinski definition) is 0. The van der Waals surface area contributed by atoms with Gasteiger partial charge in [0.25, 0.3) is 5.91 Å². The largest absolute Gasteiger partial charge is 0.493 e. The van der Waals surface area contributed by atoms with Gasteiger partial charge in [0, 0.05) is 38.1 Å². The molecule has 1 aromatic heterocycles. The number of anilines is 1. The molecule has 0 N–H and O–H groups in total. The van der Waals surface area contributed by atoms with E-state index >= 15 is 0 Å². The van der Waals surface area contributed by atoms with Gasteiger partial charge >= 0.3 is 0 Å². The highest BCUT2D eigenvalue weighted by Crippen LogP contribution is 2.31. The van der Waals surface area contributed by atoms with E-state index < -0.39 is 0 Å². The number of amides is 1. The molecule has 0 radical (unpaired) electrons. The van der Waals surface area contributed by atoms with Gasteiger partial charge in [0.05, 0.1) is 17.8 Å². The summed E-state index contributed by atoms with van der Waals surface area (Å²) in [5.41, 5.74) is 2.70. The molecule has 1 amide bonds. The van der Waals surface area contributed by atoms with Gasteiger partial charge in [0.2, 0.25) is 0 Å². The van der Waals surface area contributed by atoms with Crippen molar-refractivity contribution in [3.05, 3.63) is 95.7 Å². The number of piperazine rings is 1. The Morgan fingerprint density at radius 1 is 0.914 bits per heavy atom. The first-order valence-electron chi connectivity index (χ1n) is 11.8. The van der Waals surface area contributed by atoms with E-state index in [1.807, 2.05) is 52.8 Å². The molecule has 1 saturated heterocycles. The number of para-hydroxylation sites is 1. The minimum absolute atomic E-state index is 0.103. The van der Waals surface area contributed by atoms with Crippen LogP contribution in [0.5, 0.6) is 5.75 Å². The molecule has 0 bridgehead atoms. The molecule has 4 aromatic rings. The molecule has 1 aliphatic heterocycles. The van der Waals surface area contributed by atoms with Crippen LogP contribution in [0.3, 0.4) is 0 Å². The second-order valence-corrected chi connectivity index (χ2v) is 8.60. The van der Waals surface area contributed by atoms with Gasteiger partial charge in [-0.2, -0.15) is 0 Å². The lowest BCUT2D eigenvalue weighted by Gasteiger charge is -2.36. The summed E-state index contributed by atoms with van der Waals surface area (Å²) >= 11 is 0. The number of ether oxygens (including phenoxy) is 1. The van der Waals surface area contributed by atoms with E-state index in [-0.39, 0.29) is 17.5 Å². The molecule has 0 saturated carbocycles. The molecule has 0 atom stereocenters. The molecule has 0 aliphatic carbocycles. The van der Waals surface area contributed by atoms with Crippen molar-refractivity contribution in [1.29, 1.82) is 0 Å². The van der Waals surface area contributed by atoms with Crippen LogP contribution in [0.4, 0.5) is 14.5 Å². The number of aromatic nitrogens is 1. The molecular formula is C28H27F2N3O2. The van der Waals surface area contributed by atoms with Gasteiger partial charge in [-0.15, -0.1) is 0 Å². The number of carbonyl (C=O) groups is 1. The van der Waals surface area contributed by atoms with Crippen LogP contribution in [0, 0.1) is 11.6 Å². The van der Waals surface area contributed by atoms with E-state index in [2.05, 4.69) is 0 Å². The zero-order valence-corrected chi connectivity index (χ0v) is 19.6. The molecule has 1 fully saturated rings. The highest BCUT2D eigenvalue weighted by atomic mass is 19.1. The third-order valence-electron chi connectivity index (χ3n) is 6.41. The van der Waals surface area contributed by atoms with E-state index in [1.54, 1.807) is 23.1 Å². The molecular weight excluding hydrogens is 448 g/mol. The third kappa shape index (κ3) is 4.58. The molecule has 0 unspecified atom stereocenters. The van der Waals surface area contributed by atoms with Gasteiger partial charge < -0.3 is 19.1 Å². The average molecular weight is 476 g/mol. The van der Waals surface area contributed by atoms with Gasteiger partial charge in [0.15, 0.2) is 0 Å². The van der Waals surface area contributed by atoms with Crippen molar-refractivity contribution in [3.8, 4) is 5.75 Å². The minimum Gasteiger partial charge on any atom is -0.493 e. The highest BCUT2D eigenvalue weighted by Gasteiger charge is 2.27. The SMILES string of the molecule is CCOc1cccc2c1cc(C(=O)N1CCN(c3ccccc3F)CC1)n2Cc1cccc(F)c1. The first-order valence-corrected chi connectivity index (χ1v) is 11.8. The number of carbonyl (C=O) groups excluding carboxylic acids is 1. The van der Waals surface area contributed by atoms with Crippen LogP contribution in [-0.2, 0) is 6.54 Å². The number of nitrogens with zero attached hydrogens (tertiary/aromatic N) is 3. The summed E-state index contributed by atoms with van der Waals surface area (Å²) in [7, 11) is 0. The normalized spacial score (nSPS) is 13.9. The maximum Gasteiger partial charge on any atom is 0.270 e. The van der Waals surface area contributed by atoms with Gasteiger partial charge in [-0.1, -0.05) is 30.3 Å². The number of halogens is 2. The van der Waals surface area contributed by atoms with E-state index in [9.17, 15) is 13.6 Å². The number of fused-ring (bicyclic) bond motifs is 1. The summed E-state index contributed by atoms with van der Waals surface area (Å²) < 4.78 is 35.9. The topological polar surface area (TPSA) is 37.7 Å². The van der Waals surface area contributed by atoms with Crippen molar-refractivity contribution in [2.75, 3.05) is 37.7 Å². The fraction of sp³-hybridized carbons (Fsp3) is 0.250. The Hall–Kier alpha value is -3.87. The molecule has 3 aromatic carbocycles. The van der Waals surface area contributed by atoms with Crippen molar-refractivity contribution in [1.82, 2.24) is 9.47 Å². The smallest absolute Gasteiger partial charge is 0.270 e. The lowest BCUT2D eigenvalue weighted by Crippen LogP contribution is -2.49. The summed E-state index contributed by atoms with van der Waals surface area (Å²) in [5, 5.41) is 0.846. The maximum atomic E-state index is 14.2. The van der Waals surface area contributed by atoms with E-state index in [0.29, 0.717) is 56.5 Å². The van der Waals surface area contributed by atoms with Gasteiger partial charge in [-0.3, -0.25) is 4.79 Å².